The van der Waals surface area contributed by atoms with Crippen molar-refractivity contribution in [1.29, 1.82) is 0 Å². The Kier molecular flexibility index (Phi) is 8.43. The Morgan fingerprint density at radius 3 is 2.71 bits per heavy atom. The molecule has 4 aromatic rings. The summed E-state index contributed by atoms with van der Waals surface area (Å²) in [6.07, 6.45) is -4.18. The van der Waals surface area contributed by atoms with Gasteiger partial charge < -0.3 is 19.1 Å². The highest BCUT2D eigenvalue weighted by Crippen LogP contribution is 2.48. The number of anilines is 1. The molecule has 17 heteroatoms. The standard InChI is InChI=1S/C34H36F7N7O3/c1-17-10-21-20(12-42-48(21)23-6-3-4-9-49-23)24(26(17)34(39,40)41)28-27(38)29-25-30(47(14-22(36)37)18(2)15-50-31(25)43-28)45-32(44-29)51-16-33-7-5-8-46(33)13-19(35)11-33/h10,12,18-19,22-23H,3-9,11,13-16H2,1-2H3/t18-,19+,23?,33-/m0/s1. The Morgan fingerprint density at radius 1 is 1.14 bits per heavy atom. The van der Waals surface area contributed by atoms with Crippen LogP contribution in [0.3, 0.4) is 0 Å². The second-order valence-corrected chi connectivity index (χ2v) is 14.0. The molecule has 0 saturated carbocycles. The van der Waals surface area contributed by atoms with E-state index in [9.17, 15) is 26.3 Å². The first kappa shape index (κ1) is 34.1. The average molecular weight is 724 g/mol. The number of pyridine rings is 1. The van der Waals surface area contributed by atoms with Gasteiger partial charge in [0.25, 0.3) is 6.43 Å². The fraction of sp³-hybridized carbons (Fsp3) is 0.588. The minimum Gasteiger partial charge on any atom is -0.475 e. The van der Waals surface area contributed by atoms with Crippen LogP contribution < -0.4 is 14.4 Å². The summed E-state index contributed by atoms with van der Waals surface area (Å²) in [4.78, 5) is 16.3. The van der Waals surface area contributed by atoms with Crippen LogP contribution in [-0.4, -0.2) is 93.3 Å². The summed E-state index contributed by atoms with van der Waals surface area (Å²) >= 11 is 0. The van der Waals surface area contributed by atoms with E-state index in [0.717, 1.165) is 19.3 Å². The van der Waals surface area contributed by atoms with Gasteiger partial charge >= 0.3 is 12.2 Å². The monoisotopic (exact) mass is 723 g/mol. The van der Waals surface area contributed by atoms with Gasteiger partial charge in [0.15, 0.2) is 12.0 Å². The van der Waals surface area contributed by atoms with Gasteiger partial charge in [0.05, 0.1) is 35.4 Å². The van der Waals surface area contributed by atoms with Gasteiger partial charge in [0.2, 0.25) is 5.88 Å². The molecule has 0 aliphatic carbocycles. The van der Waals surface area contributed by atoms with Crippen LogP contribution in [0.4, 0.5) is 36.6 Å². The number of aryl methyl sites for hydroxylation is 1. The van der Waals surface area contributed by atoms with Gasteiger partial charge in [0.1, 0.15) is 41.8 Å². The lowest BCUT2D eigenvalue weighted by atomic mass is 9.94. The minimum absolute atomic E-state index is 0.0189. The Balaban J connectivity index is 1.34. The molecule has 3 fully saturated rings. The third-order valence-electron chi connectivity index (χ3n) is 10.6. The lowest BCUT2D eigenvalue weighted by molar-refractivity contribution is -0.137. The molecular weight excluding hydrogens is 687 g/mol. The quantitative estimate of drug-likeness (QED) is 0.187. The molecule has 0 spiro atoms. The van der Waals surface area contributed by atoms with Crippen molar-refractivity contribution in [2.45, 2.75) is 89.0 Å². The van der Waals surface area contributed by atoms with Crippen molar-refractivity contribution in [3.05, 3.63) is 29.2 Å². The van der Waals surface area contributed by atoms with Crippen LogP contribution in [-0.2, 0) is 10.9 Å². The van der Waals surface area contributed by atoms with Gasteiger partial charge in [-0.2, -0.15) is 28.2 Å². The van der Waals surface area contributed by atoms with Gasteiger partial charge in [-0.1, -0.05) is 0 Å². The third kappa shape index (κ3) is 5.79. The number of fused-ring (bicyclic) bond motifs is 2. The summed E-state index contributed by atoms with van der Waals surface area (Å²) in [6.45, 7) is 3.19. The molecule has 4 aliphatic heterocycles. The SMILES string of the molecule is Cc1cc2c(cnn2C2CCCCO2)c(-c2nc3c4c(nc(OC[C@@]56CCCN5C[C@H](F)C6)nc4c2F)N(CC(F)F)[C@@H](C)CO3)c1C(F)(F)F. The second kappa shape index (κ2) is 12.6. The molecule has 0 radical (unpaired) electrons. The Hall–Kier alpha value is -3.99. The van der Waals surface area contributed by atoms with Crippen LogP contribution >= 0.6 is 0 Å². The smallest absolute Gasteiger partial charge is 0.417 e. The lowest BCUT2D eigenvalue weighted by Gasteiger charge is -2.31. The topological polar surface area (TPSA) is 90.7 Å². The first-order chi connectivity index (χ1) is 24.3. The summed E-state index contributed by atoms with van der Waals surface area (Å²) in [7, 11) is 0. The summed E-state index contributed by atoms with van der Waals surface area (Å²) in [5.41, 5.74) is -3.44. The molecule has 1 aromatic carbocycles. The number of hydrogen-bond acceptors (Lipinski definition) is 9. The van der Waals surface area contributed by atoms with Crippen molar-refractivity contribution >= 4 is 27.6 Å². The van der Waals surface area contributed by atoms with Gasteiger partial charge in [-0.15, -0.1) is 0 Å². The molecule has 3 aromatic heterocycles. The maximum atomic E-state index is 17.2. The van der Waals surface area contributed by atoms with E-state index in [-0.39, 0.29) is 60.2 Å². The Labute approximate surface area is 287 Å². The van der Waals surface area contributed by atoms with Crippen molar-refractivity contribution in [1.82, 2.24) is 29.6 Å². The molecule has 1 unspecified atom stereocenters. The zero-order valence-electron chi connectivity index (χ0n) is 28.0. The van der Waals surface area contributed by atoms with Crippen LogP contribution in [0.15, 0.2) is 12.3 Å². The van der Waals surface area contributed by atoms with E-state index < -0.39 is 71.3 Å². The summed E-state index contributed by atoms with van der Waals surface area (Å²) in [5.74, 6) is -1.72. The predicted octanol–water partition coefficient (Wildman–Crippen LogP) is 7.01. The van der Waals surface area contributed by atoms with E-state index in [4.69, 9.17) is 14.2 Å². The van der Waals surface area contributed by atoms with Crippen LogP contribution in [0, 0.1) is 12.7 Å². The fourth-order valence-corrected chi connectivity index (χ4v) is 8.28. The number of ether oxygens (including phenoxy) is 3. The van der Waals surface area contributed by atoms with Crippen LogP contribution in [0.25, 0.3) is 33.1 Å². The van der Waals surface area contributed by atoms with Gasteiger partial charge in [0, 0.05) is 30.5 Å². The number of rotatable bonds is 7. The normalized spacial score (nSPS) is 25.5. The first-order valence-corrected chi connectivity index (χ1v) is 17.2. The molecule has 0 bridgehead atoms. The van der Waals surface area contributed by atoms with Crippen molar-refractivity contribution < 1.29 is 44.9 Å². The molecule has 8 rings (SSSR count). The largest absolute Gasteiger partial charge is 0.475 e. The number of aromatic nitrogens is 5. The Morgan fingerprint density at radius 2 is 1.96 bits per heavy atom. The zero-order valence-corrected chi connectivity index (χ0v) is 28.0. The molecule has 0 amide bonds. The third-order valence-corrected chi connectivity index (χ3v) is 10.6. The predicted molar refractivity (Wildman–Crippen MR) is 171 cm³/mol. The number of hydrogen-bond donors (Lipinski definition) is 0. The highest BCUT2D eigenvalue weighted by atomic mass is 19.4. The molecule has 51 heavy (non-hydrogen) atoms. The van der Waals surface area contributed by atoms with E-state index in [0.29, 0.717) is 31.5 Å². The van der Waals surface area contributed by atoms with E-state index in [1.54, 1.807) is 6.92 Å². The highest BCUT2D eigenvalue weighted by molar-refractivity contribution is 6.02. The van der Waals surface area contributed by atoms with Crippen LogP contribution in [0.1, 0.15) is 62.8 Å². The highest BCUT2D eigenvalue weighted by Gasteiger charge is 2.49. The molecular formula is C34H36F7N7O3. The maximum Gasteiger partial charge on any atom is 0.417 e. The van der Waals surface area contributed by atoms with Gasteiger partial charge in [-0.25, -0.2) is 27.2 Å². The van der Waals surface area contributed by atoms with Crippen molar-refractivity contribution in [2.24, 2.45) is 0 Å². The second-order valence-electron chi connectivity index (χ2n) is 14.0. The Bertz CT molecular complexity index is 1990. The summed E-state index contributed by atoms with van der Waals surface area (Å²) in [6, 6.07) is 0.232. The summed E-state index contributed by atoms with van der Waals surface area (Å²) in [5, 5.41) is 4.19. The lowest BCUT2D eigenvalue weighted by Crippen LogP contribution is -2.43. The van der Waals surface area contributed by atoms with E-state index in [1.807, 2.05) is 4.90 Å². The molecule has 3 saturated heterocycles. The van der Waals surface area contributed by atoms with Gasteiger partial charge in [-0.3, -0.25) is 4.90 Å². The minimum atomic E-state index is -4.94. The fourth-order valence-electron chi connectivity index (χ4n) is 8.28. The van der Waals surface area contributed by atoms with Gasteiger partial charge in [-0.05, 0) is 64.1 Å². The van der Waals surface area contributed by atoms with E-state index in [2.05, 4.69) is 20.1 Å². The summed E-state index contributed by atoms with van der Waals surface area (Å²) < 4.78 is 124. The number of alkyl halides is 6. The average Bonchev–Trinajstić information content (AvgIpc) is 3.74. The van der Waals surface area contributed by atoms with Crippen molar-refractivity contribution in [3.8, 4) is 23.1 Å². The zero-order chi connectivity index (χ0) is 35.8. The molecule has 4 atom stereocenters. The molecule has 0 N–H and O–H groups in total. The number of halogens is 7. The van der Waals surface area contributed by atoms with E-state index in [1.165, 1.54) is 28.8 Å². The molecule has 4 aliphatic rings. The number of nitrogens with zero attached hydrogens (tertiary/aromatic N) is 7. The van der Waals surface area contributed by atoms with E-state index >= 15 is 4.39 Å². The van der Waals surface area contributed by atoms with Crippen molar-refractivity contribution in [2.75, 3.05) is 44.4 Å². The van der Waals surface area contributed by atoms with Crippen molar-refractivity contribution in [3.63, 3.8) is 0 Å². The maximum absolute atomic E-state index is 17.2. The molecule has 10 nitrogen and oxygen atoms in total. The molecule has 7 heterocycles. The van der Waals surface area contributed by atoms with Crippen LogP contribution in [0.2, 0.25) is 0 Å². The molecule has 274 valence electrons. The number of benzene rings is 1. The first-order valence-electron chi connectivity index (χ1n) is 17.2. The van der Waals surface area contributed by atoms with Crippen LogP contribution in [0.5, 0.6) is 11.9 Å².